The summed E-state index contributed by atoms with van der Waals surface area (Å²) in [7, 11) is 3.09. The summed E-state index contributed by atoms with van der Waals surface area (Å²) < 4.78 is 14.3. The fourth-order valence-corrected chi connectivity index (χ4v) is 4.61. The second-order valence-electron chi connectivity index (χ2n) is 7.80. The van der Waals surface area contributed by atoms with E-state index in [1.165, 1.54) is 18.6 Å². The summed E-state index contributed by atoms with van der Waals surface area (Å²) in [4.78, 5) is 40.5. The van der Waals surface area contributed by atoms with Crippen molar-refractivity contribution in [3.05, 3.63) is 67.3 Å². The highest BCUT2D eigenvalue weighted by Gasteiger charge is 2.29. The van der Waals surface area contributed by atoms with Gasteiger partial charge in [-0.1, -0.05) is 22.0 Å². The molecule has 0 bridgehead atoms. The molecule has 2 aromatic carbocycles. The van der Waals surface area contributed by atoms with Crippen molar-refractivity contribution in [2.45, 2.75) is 25.9 Å². The van der Waals surface area contributed by atoms with Gasteiger partial charge in [-0.15, -0.1) is 0 Å². The fraction of sp³-hybridized carbons (Fsp3) is 0.348. The number of hydrogen-bond acceptors (Lipinski definition) is 5. The number of rotatable bonds is 5. The van der Waals surface area contributed by atoms with Crippen LogP contribution in [0.5, 0.6) is 11.5 Å². The van der Waals surface area contributed by atoms with E-state index in [2.05, 4.69) is 15.9 Å². The molecular weight excluding hydrogens is 478 g/mol. The molecule has 0 spiro atoms. The number of fused-ring (bicyclic) bond motifs is 1. The second-order valence-corrected chi connectivity index (χ2v) is 8.72. The molecule has 1 aromatic heterocycles. The molecule has 2 heterocycles. The molecule has 4 rings (SSSR count). The standard InChI is InChI=1S/C23H24BrN3O5/c1-14(28)25-9-8-17(13-25)27-19-6-5-16(24)11-18(19)22(29)26(23(27)30)12-15-4-7-20(31-2)21(10-15)32-3/h4-7,10-11,17H,8-9,12-13H2,1-3H3. The molecule has 8 nitrogen and oxygen atoms in total. The normalized spacial score (nSPS) is 15.9. The Morgan fingerprint density at radius 1 is 1.09 bits per heavy atom. The van der Waals surface area contributed by atoms with E-state index in [4.69, 9.17) is 9.47 Å². The van der Waals surface area contributed by atoms with Gasteiger partial charge in [0.25, 0.3) is 5.56 Å². The van der Waals surface area contributed by atoms with Crippen molar-refractivity contribution in [2.24, 2.45) is 0 Å². The third kappa shape index (κ3) is 3.92. The Morgan fingerprint density at radius 2 is 1.84 bits per heavy atom. The molecule has 0 aliphatic carbocycles. The SMILES string of the molecule is COc1ccc(Cn2c(=O)c3cc(Br)ccc3n(C3CCN(C(C)=O)C3)c2=O)cc1OC. The Bertz CT molecular complexity index is 1310. The van der Waals surface area contributed by atoms with Gasteiger partial charge in [-0.05, 0) is 42.3 Å². The van der Waals surface area contributed by atoms with Gasteiger partial charge in [0.05, 0.1) is 37.7 Å². The first-order valence-electron chi connectivity index (χ1n) is 10.2. The van der Waals surface area contributed by atoms with Crippen LogP contribution in [-0.4, -0.2) is 47.3 Å². The minimum atomic E-state index is -0.394. The van der Waals surface area contributed by atoms with Gasteiger partial charge >= 0.3 is 5.69 Å². The highest BCUT2D eigenvalue weighted by Crippen LogP contribution is 2.28. The minimum Gasteiger partial charge on any atom is -0.493 e. The van der Waals surface area contributed by atoms with Crippen molar-refractivity contribution in [1.29, 1.82) is 0 Å². The van der Waals surface area contributed by atoms with Crippen LogP contribution in [0.1, 0.15) is 24.9 Å². The Hall–Kier alpha value is -3.07. The van der Waals surface area contributed by atoms with Crippen molar-refractivity contribution in [1.82, 2.24) is 14.0 Å². The fourth-order valence-electron chi connectivity index (χ4n) is 4.25. The average Bonchev–Trinajstić information content (AvgIpc) is 3.27. The van der Waals surface area contributed by atoms with Crippen LogP contribution in [-0.2, 0) is 11.3 Å². The Morgan fingerprint density at radius 3 is 2.50 bits per heavy atom. The number of hydrogen-bond donors (Lipinski definition) is 0. The number of nitrogens with zero attached hydrogens (tertiary/aromatic N) is 3. The number of halogens is 1. The number of carbonyl (C=O) groups excluding carboxylic acids is 1. The molecule has 0 saturated carbocycles. The number of aromatic nitrogens is 2. The van der Waals surface area contributed by atoms with E-state index in [1.54, 1.807) is 46.9 Å². The van der Waals surface area contributed by atoms with Crippen LogP contribution in [0.25, 0.3) is 10.9 Å². The Kier molecular flexibility index (Phi) is 6.10. The van der Waals surface area contributed by atoms with E-state index in [9.17, 15) is 14.4 Å². The first-order valence-corrected chi connectivity index (χ1v) is 11.0. The average molecular weight is 502 g/mol. The second kappa shape index (κ2) is 8.82. The van der Waals surface area contributed by atoms with Crippen LogP contribution < -0.4 is 20.7 Å². The van der Waals surface area contributed by atoms with Crippen molar-refractivity contribution >= 4 is 32.7 Å². The first kappa shape index (κ1) is 22.1. The lowest BCUT2D eigenvalue weighted by Gasteiger charge is -2.20. The van der Waals surface area contributed by atoms with Crippen LogP contribution in [0.2, 0.25) is 0 Å². The van der Waals surface area contributed by atoms with E-state index in [-0.39, 0.29) is 24.1 Å². The maximum atomic E-state index is 13.6. The molecule has 1 atom stereocenters. The van der Waals surface area contributed by atoms with Gasteiger partial charge in [-0.3, -0.25) is 18.7 Å². The van der Waals surface area contributed by atoms with E-state index >= 15 is 0 Å². The molecule has 32 heavy (non-hydrogen) atoms. The van der Waals surface area contributed by atoms with Crippen LogP contribution in [0.3, 0.4) is 0 Å². The molecule has 0 N–H and O–H groups in total. The molecule has 1 saturated heterocycles. The van der Waals surface area contributed by atoms with Gasteiger partial charge in [-0.25, -0.2) is 4.79 Å². The minimum absolute atomic E-state index is 0.0220. The Labute approximate surface area is 193 Å². The molecular formula is C23H24BrN3O5. The maximum Gasteiger partial charge on any atom is 0.332 e. The predicted molar refractivity (Wildman–Crippen MR) is 125 cm³/mol. The summed E-state index contributed by atoms with van der Waals surface area (Å²) in [6.07, 6.45) is 0.652. The van der Waals surface area contributed by atoms with Crippen molar-refractivity contribution in [3.63, 3.8) is 0 Å². The lowest BCUT2D eigenvalue weighted by molar-refractivity contribution is -0.127. The van der Waals surface area contributed by atoms with Gasteiger partial charge < -0.3 is 14.4 Å². The monoisotopic (exact) mass is 501 g/mol. The zero-order valence-electron chi connectivity index (χ0n) is 18.1. The third-order valence-electron chi connectivity index (χ3n) is 5.89. The zero-order valence-corrected chi connectivity index (χ0v) is 19.7. The molecule has 1 unspecified atom stereocenters. The van der Waals surface area contributed by atoms with Crippen LogP contribution >= 0.6 is 15.9 Å². The molecule has 1 fully saturated rings. The summed E-state index contributed by atoms with van der Waals surface area (Å²) >= 11 is 3.43. The van der Waals surface area contributed by atoms with Gasteiger partial charge in [0.2, 0.25) is 5.91 Å². The number of carbonyl (C=O) groups is 1. The zero-order chi connectivity index (χ0) is 23.0. The maximum absolute atomic E-state index is 13.6. The largest absolute Gasteiger partial charge is 0.493 e. The number of ether oxygens (including phenoxy) is 2. The molecule has 3 aromatic rings. The van der Waals surface area contributed by atoms with E-state index in [1.807, 2.05) is 6.07 Å². The number of likely N-dealkylation sites (tertiary alicyclic amines) is 1. The molecule has 1 amide bonds. The number of methoxy groups -OCH3 is 2. The van der Waals surface area contributed by atoms with E-state index < -0.39 is 5.69 Å². The highest BCUT2D eigenvalue weighted by atomic mass is 79.9. The van der Waals surface area contributed by atoms with E-state index in [0.29, 0.717) is 41.9 Å². The highest BCUT2D eigenvalue weighted by molar-refractivity contribution is 9.10. The van der Waals surface area contributed by atoms with Crippen molar-refractivity contribution < 1.29 is 14.3 Å². The Balaban J connectivity index is 1.87. The van der Waals surface area contributed by atoms with Crippen LogP contribution in [0.15, 0.2) is 50.5 Å². The molecule has 0 radical (unpaired) electrons. The quantitative estimate of drug-likeness (QED) is 0.536. The van der Waals surface area contributed by atoms with E-state index in [0.717, 1.165) is 10.0 Å². The number of benzene rings is 2. The molecule has 1 aliphatic rings. The third-order valence-corrected chi connectivity index (χ3v) is 6.39. The summed E-state index contributed by atoms with van der Waals surface area (Å²) in [5.74, 6) is 1.07. The van der Waals surface area contributed by atoms with Gasteiger partial charge in [0.1, 0.15) is 0 Å². The summed E-state index contributed by atoms with van der Waals surface area (Å²) in [5, 5.41) is 0.445. The van der Waals surface area contributed by atoms with Gasteiger partial charge in [0.15, 0.2) is 11.5 Å². The number of amides is 1. The van der Waals surface area contributed by atoms with Gasteiger partial charge in [0, 0.05) is 24.5 Å². The summed E-state index contributed by atoms with van der Waals surface area (Å²) in [6.45, 7) is 2.64. The smallest absolute Gasteiger partial charge is 0.332 e. The lowest BCUT2D eigenvalue weighted by Crippen LogP contribution is -2.42. The lowest BCUT2D eigenvalue weighted by atomic mass is 10.1. The van der Waals surface area contributed by atoms with Gasteiger partial charge in [-0.2, -0.15) is 0 Å². The topological polar surface area (TPSA) is 82.8 Å². The van der Waals surface area contributed by atoms with Crippen LogP contribution in [0, 0.1) is 0 Å². The summed E-state index contributed by atoms with van der Waals surface area (Å²) in [6, 6.07) is 10.4. The molecule has 1 aliphatic heterocycles. The molecule has 9 heteroatoms. The molecule has 168 valence electrons. The first-order chi connectivity index (χ1) is 15.3. The van der Waals surface area contributed by atoms with Crippen molar-refractivity contribution in [3.8, 4) is 11.5 Å². The van der Waals surface area contributed by atoms with Crippen molar-refractivity contribution in [2.75, 3.05) is 27.3 Å². The summed E-state index contributed by atoms with van der Waals surface area (Å²) in [5.41, 5.74) is 0.551. The predicted octanol–water partition coefficient (Wildman–Crippen LogP) is 2.78. The van der Waals surface area contributed by atoms with Crippen LogP contribution in [0.4, 0.5) is 0 Å².